The van der Waals surface area contributed by atoms with E-state index in [0.717, 1.165) is 30.1 Å². The normalized spacial score (nSPS) is 12.5. The third-order valence-corrected chi connectivity index (χ3v) is 3.76. The Kier molecular flexibility index (Phi) is 4.02. The summed E-state index contributed by atoms with van der Waals surface area (Å²) in [5.41, 5.74) is 3.74. The standard InChI is InChI=1S/C18H19N3O/c1-14-7-6-10-17-19-16(11-18(22)21(14)17)13-20(2)12-15-8-4-3-5-9-15/h3-11H,12-13H2,1-2H3/p+1. The summed E-state index contributed by atoms with van der Waals surface area (Å²) in [4.78, 5) is 18.2. The third kappa shape index (κ3) is 3.07. The Morgan fingerprint density at radius 1 is 1.05 bits per heavy atom. The number of benzene rings is 1. The van der Waals surface area contributed by atoms with Crippen LogP contribution in [0.3, 0.4) is 0 Å². The van der Waals surface area contributed by atoms with Gasteiger partial charge in [0.25, 0.3) is 5.56 Å². The van der Waals surface area contributed by atoms with Crippen LogP contribution >= 0.6 is 0 Å². The van der Waals surface area contributed by atoms with Gasteiger partial charge in [-0.2, -0.15) is 0 Å². The molecule has 1 N–H and O–H groups in total. The van der Waals surface area contributed by atoms with Gasteiger partial charge in [0.1, 0.15) is 24.4 Å². The summed E-state index contributed by atoms with van der Waals surface area (Å²) >= 11 is 0. The predicted molar refractivity (Wildman–Crippen MR) is 86.9 cm³/mol. The molecule has 2 aromatic heterocycles. The van der Waals surface area contributed by atoms with Gasteiger partial charge in [-0.3, -0.25) is 9.20 Å². The Balaban J connectivity index is 1.84. The van der Waals surface area contributed by atoms with Gasteiger partial charge in [0.2, 0.25) is 0 Å². The molecular weight excluding hydrogens is 274 g/mol. The van der Waals surface area contributed by atoms with E-state index in [0.29, 0.717) is 0 Å². The molecule has 0 radical (unpaired) electrons. The molecule has 1 atom stereocenters. The van der Waals surface area contributed by atoms with Gasteiger partial charge in [0.05, 0.1) is 7.05 Å². The summed E-state index contributed by atoms with van der Waals surface area (Å²) in [6, 6.07) is 17.7. The number of hydrogen-bond donors (Lipinski definition) is 1. The number of fused-ring (bicyclic) bond motifs is 1. The summed E-state index contributed by atoms with van der Waals surface area (Å²) < 4.78 is 1.65. The molecule has 0 saturated heterocycles. The lowest BCUT2D eigenvalue weighted by Crippen LogP contribution is -3.06. The SMILES string of the molecule is Cc1cccc2nc(C[NH+](C)Cc3ccccc3)cc(=O)n12. The first-order chi connectivity index (χ1) is 10.6. The maximum Gasteiger partial charge on any atom is 0.258 e. The van der Waals surface area contributed by atoms with Crippen molar-refractivity contribution in [3.05, 3.63) is 81.9 Å². The number of aryl methyl sites for hydroxylation is 1. The fraction of sp³-hybridized carbons (Fsp3) is 0.222. The van der Waals surface area contributed by atoms with Crippen molar-refractivity contribution >= 4 is 5.65 Å². The zero-order valence-corrected chi connectivity index (χ0v) is 12.9. The molecule has 0 aliphatic heterocycles. The van der Waals surface area contributed by atoms with E-state index in [-0.39, 0.29) is 5.56 Å². The molecule has 0 spiro atoms. The van der Waals surface area contributed by atoms with Crippen molar-refractivity contribution in [3.63, 3.8) is 0 Å². The minimum Gasteiger partial charge on any atom is -0.329 e. The largest absolute Gasteiger partial charge is 0.329 e. The molecule has 1 unspecified atom stereocenters. The van der Waals surface area contributed by atoms with Crippen LogP contribution in [0.2, 0.25) is 0 Å². The maximum absolute atomic E-state index is 12.3. The second kappa shape index (κ2) is 6.12. The second-order valence-corrected chi connectivity index (χ2v) is 5.74. The summed E-state index contributed by atoms with van der Waals surface area (Å²) in [5.74, 6) is 0. The fourth-order valence-corrected chi connectivity index (χ4v) is 2.77. The highest BCUT2D eigenvalue weighted by Gasteiger charge is 2.09. The zero-order valence-electron chi connectivity index (χ0n) is 12.9. The van der Waals surface area contributed by atoms with Crippen molar-refractivity contribution in [1.82, 2.24) is 9.38 Å². The maximum atomic E-state index is 12.3. The molecule has 112 valence electrons. The number of nitrogens with zero attached hydrogens (tertiary/aromatic N) is 2. The van der Waals surface area contributed by atoms with E-state index >= 15 is 0 Å². The minimum atomic E-state index is -0.00869. The lowest BCUT2D eigenvalue weighted by Gasteiger charge is -2.14. The monoisotopic (exact) mass is 294 g/mol. The van der Waals surface area contributed by atoms with Crippen molar-refractivity contribution in [3.8, 4) is 0 Å². The van der Waals surface area contributed by atoms with Gasteiger partial charge in [-0.1, -0.05) is 36.4 Å². The summed E-state index contributed by atoms with van der Waals surface area (Å²) in [5, 5.41) is 0. The summed E-state index contributed by atoms with van der Waals surface area (Å²) in [7, 11) is 2.12. The minimum absolute atomic E-state index is 0.00869. The van der Waals surface area contributed by atoms with Crippen LogP contribution in [0.1, 0.15) is 17.0 Å². The Bertz CT molecular complexity index is 840. The molecule has 3 aromatic rings. The second-order valence-electron chi connectivity index (χ2n) is 5.74. The van der Waals surface area contributed by atoms with Crippen LogP contribution in [0.4, 0.5) is 0 Å². The Morgan fingerprint density at radius 3 is 2.59 bits per heavy atom. The molecule has 0 saturated carbocycles. The number of hydrogen-bond acceptors (Lipinski definition) is 2. The van der Waals surface area contributed by atoms with Crippen LogP contribution in [-0.4, -0.2) is 16.4 Å². The number of quaternary nitrogens is 1. The van der Waals surface area contributed by atoms with Gasteiger partial charge in [0, 0.05) is 17.3 Å². The average molecular weight is 294 g/mol. The van der Waals surface area contributed by atoms with E-state index < -0.39 is 0 Å². The first kappa shape index (κ1) is 14.5. The highest BCUT2D eigenvalue weighted by molar-refractivity contribution is 5.40. The van der Waals surface area contributed by atoms with Crippen molar-refractivity contribution in [2.24, 2.45) is 0 Å². The van der Waals surface area contributed by atoms with E-state index in [2.05, 4.69) is 24.2 Å². The van der Waals surface area contributed by atoms with Gasteiger partial charge < -0.3 is 4.90 Å². The van der Waals surface area contributed by atoms with Crippen LogP contribution in [0.5, 0.6) is 0 Å². The predicted octanol–water partition coefficient (Wildman–Crippen LogP) is 1.22. The molecule has 0 aliphatic rings. The van der Waals surface area contributed by atoms with Crippen LogP contribution in [0, 0.1) is 6.92 Å². The smallest absolute Gasteiger partial charge is 0.258 e. The van der Waals surface area contributed by atoms with E-state index in [4.69, 9.17) is 0 Å². The molecule has 1 aromatic carbocycles. The fourth-order valence-electron chi connectivity index (χ4n) is 2.77. The van der Waals surface area contributed by atoms with E-state index in [1.54, 1.807) is 10.5 Å². The first-order valence-corrected chi connectivity index (χ1v) is 7.47. The Morgan fingerprint density at radius 2 is 1.82 bits per heavy atom. The number of rotatable bonds is 4. The van der Waals surface area contributed by atoms with Crippen LogP contribution in [0.25, 0.3) is 5.65 Å². The molecule has 3 rings (SSSR count). The van der Waals surface area contributed by atoms with Crippen molar-refractivity contribution in [2.75, 3.05) is 7.05 Å². The molecule has 22 heavy (non-hydrogen) atoms. The van der Waals surface area contributed by atoms with Crippen molar-refractivity contribution in [2.45, 2.75) is 20.0 Å². The molecule has 0 aliphatic carbocycles. The third-order valence-electron chi connectivity index (χ3n) is 3.76. The molecule has 0 fully saturated rings. The zero-order chi connectivity index (χ0) is 15.5. The average Bonchev–Trinajstić information content (AvgIpc) is 2.47. The summed E-state index contributed by atoms with van der Waals surface area (Å²) in [6.07, 6.45) is 0. The first-order valence-electron chi connectivity index (χ1n) is 7.47. The molecule has 4 nitrogen and oxygen atoms in total. The van der Waals surface area contributed by atoms with E-state index in [1.165, 1.54) is 10.5 Å². The van der Waals surface area contributed by atoms with Crippen molar-refractivity contribution < 1.29 is 4.90 Å². The summed E-state index contributed by atoms with van der Waals surface area (Å²) in [6.45, 7) is 3.56. The quantitative estimate of drug-likeness (QED) is 0.786. The van der Waals surface area contributed by atoms with Crippen molar-refractivity contribution in [1.29, 1.82) is 0 Å². The van der Waals surface area contributed by atoms with E-state index in [1.807, 2.05) is 43.3 Å². The van der Waals surface area contributed by atoms with Crippen LogP contribution < -0.4 is 10.5 Å². The van der Waals surface area contributed by atoms with Gasteiger partial charge in [-0.05, 0) is 19.1 Å². The Labute approximate surface area is 129 Å². The molecular formula is C18H20N3O+. The van der Waals surface area contributed by atoms with E-state index in [9.17, 15) is 4.79 Å². The van der Waals surface area contributed by atoms with Crippen LogP contribution in [0.15, 0.2) is 59.4 Å². The molecule has 4 heteroatoms. The topological polar surface area (TPSA) is 38.8 Å². The lowest BCUT2D eigenvalue weighted by atomic mass is 10.2. The van der Waals surface area contributed by atoms with Gasteiger partial charge >= 0.3 is 0 Å². The number of nitrogens with one attached hydrogen (secondary N) is 1. The van der Waals surface area contributed by atoms with Gasteiger partial charge in [-0.15, -0.1) is 0 Å². The lowest BCUT2D eigenvalue weighted by molar-refractivity contribution is -0.908. The van der Waals surface area contributed by atoms with Crippen LogP contribution in [-0.2, 0) is 13.1 Å². The molecule has 0 amide bonds. The highest BCUT2D eigenvalue weighted by atomic mass is 16.1. The Hall–Kier alpha value is -2.46. The van der Waals surface area contributed by atoms with Gasteiger partial charge in [0.15, 0.2) is 0 Å². The molecule has 0 bridgehead atoms. The number of pyridine rings is 1. The van der Waals surface area contributed by atoms with Gasteiger partial charge in [-0.25, -0.2) is 4.98 Å². The number of aromatic nitrogens is 2. The highest BCUT2D eigenvalue weighted by Crippen LogP contribution is 2.02. The molecule has 2 heterocycles.